The van der Waals surface area contributed by atoms with E-state index in [2.05, 4.69) is 28.2 Å². The van der Waals surface area contributed by atoms with Crippen molar-refractivity contribution in [3.63, 3.8) is 0 Å². The van der Waals surface area contributed by atoms with Gasteiger partial charge in [0, 0.05) is 42.2 Å². The number of amides is 3. The van der Waals surface area contributed by atoms with Gasteiger partial charge >= 0.3 is 11.9 Å². The van der Waals surface area contributed by atoms with Gasteiger partial charge in [0.25, 0.3) is 0 Å². The fourth-order valence-corrected chi connectivity index (χ4v) is 4.55. The summed E-state index contributed by atoms with van der Waals surface area (Å²) in [5.74, 6) is -4.27. The summed E-state index contributed by atoms with van der Waals surface area (Å²) in [7, 11) is 0. The van der Waals surface area contributed by atoms with Crippen LogP contribution in [0.1, 0.15) is 31.2 Å². The smallest absolute Gasteiger partial charge is 0.326 e. The van der Waals surface area contributed by atoms with Crippen molar-refractivity contribution >= 4 is 53.2 Å². The van der Waals surface area contributed by atoms with Crippen LogP contribution < -0.4 is 16.4 Å². The zero-order chi connectivity index (χ0) is 27.1. The molecule has 2 heterocycles. The molecule has 1 aromatic heterocycles. The monoisotopic (exact) mass is 533 g/mol. The molecule has 1 aliphatic heterocycles. The molecule has 12 nitrogen and oxygen atoms in total. The number of hydrogen-bond acceptors (Lipinski definition) is 7. The molecule has 1 aromatic carbocycles. The molecule has 13 heteroatoms. The van der Waals surface area contributed by atoms with E-state index in [9.17, 15) is 29.1 Å². The highest BCUT2D eigenvalue weighted by Crippen LogP contribution is 2.20. The number of aromatic nitrogens is 1. The number of hydrogen-bond donors (Lipinski definition) is 7. The Morgan fingerprint density at radius 1 is 1.14 bits per heavy atom. The number of nitrogens with one attached hydrogen (secondary N) is 3. The quantitative estimate of drug-likeness (QED) is 0.183. The predicted octanol–water partition coefficient (Wildman–Crippen LogP) is -0.122. The Hall–Kier alpha value is -3.58. The number of para-hydroxylation sites is 1. The first kappa shape index (κ1) is 28.0. The summed E-state index contributed by atoms with van der Waals surface area (Å²) < 4.78 is 0. The highest BCUT2D eigenvalue weighted by atomic mass is 32.1. The molecule has 0 radical (unpaired) electrons. The van der Waals surface area contributed by atoms with Crippen LogP contribution in [0.4, 0.5) is 0 Å². The van der Waals surface area contributed by atoms with Gasteiger partial charge in [-0.3, -0.25) is 19.2 Å². The molecular formula is C24H31N5O7S. The number of fused-ring (bicyclic) bond motifs is 1. The number of carbonyl (C=O) groups excluding carboxylic acids is 3. The highest BCUT2D eigenvalue weighted by Gasteiger charge is 2.37. The molecule has 1 saturated heterocycles. The number of nitrogens with two attached hydrogens (primary N) is 1. The maximum atomic E-state index is 13.1. The molecule has 0 spiro atoms. The first-order valence-electron chi connectivity index (χ1n) is 11.9. The van der Waals surface area contributed by atoms with Gasteiger partial charge in [-0.15, -0.1) is 0 Å². The molecule has 0 aliphatic carbocycles. The van der Waals surface area contributed by atoms with Crippen LogP contribution in [0.15, 0.2) is 30.5 Å². The van der Waals surface area contributed by atoms with Gasteiger partial charge in [0.2, 0.25) is 17.7 Å². The first-order valence-corrected chi connectivity index (χ1v) is 12.5. The summed E-state index contributed by atoms with van der Waals surface area (Å²) in [5, 5.41) is 24.6. The SMILES string of the molecule is NC(CS)C(=O)N1CCCC1C(=O)NC(CCC(=O)O)C(=O)NC(Cc1c[nH]c2ccccc12)C(=O)O. The van der Waals surface area contributed by atoms with Crippen molar-refractivity contribution < 1.29 is 34.2 Å². The number of nitrogens with zero attached hydrogens (tertiary/aromatic N) is 1. The van der Waals surface area contributed by atoms with Crippen molar-refractivity contribution in [2.24, 2.45) is 5.73 Å². The lowest BCUT2D eigenvalue weighted by atomic mass is 10.0. The predicted molar refractivity (Wildman–Crippen MR) is 137 cm³/mol. The lowest BCUT2D eigenvalue weighted by Crippen LogP contribution is -2.57. The number of likely N-dealkylation sites (tertiary alicyclic amines) is 1. The van der Waals surface area contributed by atoms with E-state index in [1.165, 1.54) is 4.90 Å². The Kier molecular flexibility index (Phi) is 9.53. The van der Waals surface area contributed by atoms with Crippen molar-refractivity contribution in [1.82, 2.24) is 20.5 Å². The number of carbonyl (C=O) groups is 5. The molecule has 4 atom stereocenters. The van der Waals surface area contributed by atoms with E-state index < -0.39 is 60.2 Å². The van der Waals surface area contributed by atoms with Crippen molar-refractivity contribution in [3.05, 3.63) is 36.0 Å². The van der Waals surface area contributed by atoms with Crippen LogP contribution in [0.2, 0.25) is 0 Å². The lowest BCUT2D eigenvalue weighted by Gasteiger charge is -2.28. The number of rotatable bonds is 12. The van der Waals surface area contributed by atoms with Crippen molar-refractivity contribution in [1.29, 1.82) is 0 Å². The summed E-state index contributed by atoms with van der Waals surface area (Å²) in [6.45, 7) is 0.316. The molecule has 2 aromatic rings. The average molecular weight is 534 g/mol. The molecule has 1 fully saturated rings. The maximum Gasteiger partial charge on any atom is 0.326 e. The number of aliphatic carboxylic acids is 2. The molecule has 0 bridgehead atoms. The highest BCUT2D eigenvalue weighted by molar-refractivity contribution is 7.80. The third kappa shape index (κ3) is 7.01. The Morgan fingerprint density at radius 2 is 1.86 bits per heavy atom. The summed E-state index contributed by atoms with van der Waals surface area (Å²) in [6.07, 6.45) is 1.84. The molecule has 4 unspecified atom stereocenters. The average Bonchev–Trinajstić information content (AvgIpc) is 3.52. The lowest BCUT2D eigenvalue weighted by molar-refractivity contribution is -0.143. The van der Waals surface area contributed by atoms with Crippen LogP contribution in [0.25, 0.3) is 10.9 Å². The molecule has 7 N–H and O–H groups in total. The van der Waals surface area contributed by atoms with E-state index in [1.54, 1.807) is 6.20 Å². The van der Waals surface area contributed by atoms with Gasteiger partial charge in [0.1, 0.15) is 18.1 Å². The molecule has 37 heavy (non-hydrogen) atoms. The minimum atomic E-state index is -1.33. The second-order valence-corrected chi connectivity index (χ2v) is 9.30. The Balaban J connectivity index is 1.73. The third-order valence-corrected chi connectivity index (χ3v) is 6.74. The van der Waals surface area contributed by atoms with Crippen LogP contribution in [-0.2, 0) is 30.4 Å². The van der Waals surface area contributed by atoms with Gasteiger partial charge in [0.15, 0.2) is 0 Å². The van der Waals surface area contributed by atoms with Crippen LogP contribution in [-0.4, -0.2) is 86.2 Å². The van der Waals surface area contributed by atoms with Gasteiger partial charge in [-0.25, -0.2) is 4.79 Å². The fourth-order valence-electron chi connectivity index (χ4n) is 4.39. The molecular weight excluding hydrogens is 502 g/mol. The Labute approximate surface area is 218 Å². The van der Waals surface area contributed by atoms with E-state index >= 15 is 0 Å². The number of carboxylic acids is 2. The normalized spacial score (nSPS) is 17.7. The molecule has 1 aliphatic rings. The number of aromatic amines is 1. The van der Waals surface area contributed by atoms with E-state index in [4.69, 9.17) is 10.8 Å². The van der Waals surface area contributed by atoms with E-state index in [1.807, 2.05) is 24.3 Å². The molecule has 3 amide bonds. The van der Waals surface area contributed by atoms with E-state index in [0.29, 0.717) is 24.9 Å². The fraction of sp³-hybridized carbons (Fsp3) is 0.458. The molecule has 200 valence electrons. The van der Waals surface area contributed by atoms with Crippen molar-refractivity contribution in [2.75, 3.05) is 12.3 Å². The van der Waals surface area contributed by atoms with Crippen molar-refractivity contribution in [3.8, 4) is 0 Å². The van der Waals surface area contributed by atoms with Crippen LogP contribution in [0.3, 0.4) is 0 Å². The molecule has 0 saturated carbocycles. The Morgan fingerprint density at radius 3 is 2.54 bits per heavy atom. The number of carboxylic acid groups (broad SMARTS) is 2. The van der Waals surface area contributed by atoms with E-state index in [-0.39, 0.29) is 18.6 Å². The first-order chi connectivity index (χ1) is 17.6. The van der Waals surface area contributed by atoms with Gasteiger partial charge in [0.05, 0.1) is 6.04 Å². The van der Waals surface area contributed by atoms with Gasteiger partial charge in [-0.05, 0) is 30.9 Å². The number of benzene rings is 1. The zero-order valence-electron chi connectivity index (χ0n) is 20.1. The third-order valence-electron chi connectivity index (χ3n) is 6.35. The summed E-state index contributed by atoms with van der Waals surface area (Å²) in [4.78, 5) is 66.2. The second kappa shape index (κ2) is 12.6. The van der Waals surface area contributed by atoms with Gasteiger partial charge in [-0.2, -0.15) is 12.6 Å². The standard InChI is InChI=1S/C24H31N5O7S/c25-15(12-37)23(34)29-9-3-6-19(29)22(33)27-17(7-8-20(30)31)21(32)28-18(24(35)36)10-13-11-26-16-5-2-1-4-14(13)16/h1-2,4-5,11,15,17-19,26,37H,3,6-10,12,25H2,(H,27,33)(H,28,32)(H,30,31)(H,35,36). The zero-order valence-corrected chi connectivity index (χ0v) is 20.9. The second-order valence-electron chi connectivity index (χ2n) is 8.94. The minimum absolute atomic E-state index is 0.0306. The van der Waals surface area contributed by atoms with Gasteiger partial charge in [-0.1, -0.05) is 18.2 Å². The molecule has 3 rings (SSSR count). The number of thiol groups is 1. The summed E-state index contributed by atoms with van der Waals surface area (Å²) in [6, 6.07) is 2.91. The van der Waals surface area contributed by atoms with E-state index in [0.717, 1.165) is 10.9 Å². The van der Waals surface area contributed by atoms with Crippen LogP contribution in [0, 0.1) is 0 Å². The summed E-state index contributed by atoms with van der Waals surface area (Å²) >= 11 is 4.03. The summed E-state index contributed by atoms with van der Waals surface area (Å²) in [5.41, 5.74) is 7.26. The topological polar surface area (TPSA) is 195 Å². The minimum Gasteiger partial charge on any atom is -0.481 e. The van der Waals surface area contributed by atoms with Gasteiger partial charge < -0.3 is 36.5 Å². The maximum absolute atomic E-state index is 13.1. The number of H-pyrrole nitrogens is 1. The van der Waals surface area contributed by atoms with Crippen LogP contribution >= 0.6 is 12.6 Å². The Bertz CT molecular complexity index is 1170. The van der Waals surface area contributed by atoms with Crippen molar-refractivity contribution in [2.45, 2.75) is 56.3 Å². The largest absolute Gasteiger partial charge is 0.481 e. The van der Waals surface area contributed by atoms with Crippen LogP contribution in [0.5, 0.6) is 0 Å².